The molecule has 0 spiro atoms. The maximum atomic E-state index is 12.5. The van der Waals surface area contributed by atoms with Crippen LogP contribution in [0.5, 0.6) is 5.75 Å². The van der Waals surface area contributed by atoms with Gasteiger partial charge in [-0.05, 0) is 62.7 Å². The van der Waals surface area contributed by atoms with Crippen molar-refractivity contribution in [1.82, 2.24) is 25.1 Å². The van der Waals surface area contributed by atoms with Crippen LogP contribution in [0.15, 0.2) is 23.4 Å². The summed E-state index contributed by atoms with van der Waals surface area (Å²) in [4.78, 5) is 14.4. The first-order valence-corrected chi connectivity index (χ1v) is 9.21. The summed E-state index contributed by atoms with van der Waals surface area (Å²) >= 11 is 1.32. The van der Waals surface area contributed by atoms with Crippen LogP contribution in [0.1, 0.15) is 33.3 Å². The van der Waals surface area contributed by atoms with E-state index < -0.39 is 0 Å². The van der Waals surface area contributed by atoms with Gasteiger partial charge in [-0.25, -0.2) is 0 Å². The second-order valence-electron chi connectivity index (χ2n) is 6.33. The van der Waals surface area contributed by atoms with Crippen molar-refractivity contribution in [3.63, 3.8) is 0 Å². The highest BCUT2D eigenvalue weighted by Crippen LogP contribution is 2.27. The predicted molar refractivity (Wildman–Crippen MR) is 98.3 cm³/mol. The molecule has 136 valence electrons. The lowest BCUT2D eigenvalue weighted by molar-refractivity contribution is -0.131. The minimum atomic E-state index is 0.0701. The quantitative estimate of drug-likeness (QED) is 0.704. The molecule has 0 atom stereocenters. The lowest BCUT2D eigenvalue weighted by Crippen LogP contribution is -2.43. The Morgan fingerprint density at radius 1 is 1.28 bits per heavy atom. The second-order valence-corrected chi connectivity index (χ2v) is 7.27. The minimum absolute atomic E-state index is 0.0701. The van der Waals surface area contributed by atoms with Crippen molar-refractivity contribution in [3.05, 3.63) is 23.8 Å². The van der Waals surface area contributed by atoms with Crippen molar-refractivity contribution in [2.45, 2.75) is 51.9 Å². The molecule has 1 aromatic carbocycles. The summed E-state index contributed by atoms with van der Waals surface area (Å²) in [6.45, 7) is 10.1. The van der Waals surface area contributed by atoms with E-state index in [0.29, 0.717) is 10.9 Å². The SMILES string of the molecule is COc1ccc(C)cc1-n1nnnc1SCC(=O)N(C(C)C)C(C)C. The van der Waals surface area contributed by atoms with Crippen molar-refractivity contribution >= 4 is 17.7 Å². The van der Waals surface area contributed by atoms with Crippen LogP contribution in [0, 0.1) is 6.92 Å². The van der Waals surface area contributed by atoms with Crippen LogP contribution in [0.4, 0.5) is 0 Å². The fourth-order valence-corrected chi connectivity index (χ4v) is 3.51. The first-order valence-electron chi connectivity index (χ1n) is 8.22. The molecule has 2 aromatic rings. The van der Waals surface area contributed by atoms with Gasteiger partial charge in [0.05, 0.1) is 12.9 Å². The van der Waals surface area contributed by atoms with Gasteiger partial charge in [-0.2, -0.15) is 4.68 Å². The third-order valence-corrected chi connectivity index (χ3v) is 4.63. The van der Waals surface area contributed by atoms with Crippen LogP contribution >= 0.6 is 11.8 Å². The number of ether oxygens (including phenoxy) is 1. The molecular formula is C17H25N5O2S. The number of carbonyl (C=O) groups is 1. The van der Waals surface area contributed by atoms with E-state index in [-0.39, 0.29) is 23.7 Å². The predicted octanol–water partition coefficient (Wildman–Crippen LogP) is 2.72. The normalized spacial score (nSPS) is 11.2. The van der Waals surface area contributed by atoms with Crippen molar-refractivity contribution in [1.29, 1.82) is 0 Å². The molecule has 0 aliphatic heterocycles. The summed E-state index contributed by atoms with van der Waals surface area (Å²) in [7, 11) is 1.61. The molecule has 25 heavy (non-hydrogen) atoms. The summed E-state index contributed by atoms with van der Waals surface area (Å²) in [6.07, 6.45) is 0. The molecule has 1 heterocycles. The monoisotopic (exact) mass is 363 g/mol. The Labute approximate surface area is 152 Å². The van der Waals surface area contributed by atoms with Crippen molar-refractivity contribution in [2.24, 2.45) is 0 Å². The van der Waals surface area contributed by atoms with Crippen LogP contribution < -0.4 is 4.74 Å². The van der Waals surface area contributed by atoms with Gasteiger partial charge in [0, 0.05) is 12.1 Å². The minimum Gasteiger partial charge on any atom is -0.494 e. The number of tetrazole rings is 1. The number of amides is 1. The van der Waals surface area contributed by atoms with E-state index in [9.17, 15) is 4.79 Å². The zero-order valence-corrected chi connectivity index (χ0v) is 16.4. The standard InChI is InChI=1S/C17H25N5O2S/c1-11(2)21(12(3)4)16(23)10-25-17-18-19-20-22(17)14-9-13(5)7-8-15(14)24-6/h7-9,11-12H,10H2,1-6H3. The Morgan fingerprint density at radius 3 is 2.56 bits per heavy atom. The Balaban J connectivity index is 2.20. The summed E-state index contributed by atoms with van der Waals surface area (Å²) in [5, 5.41) is 12.4. The van der Waals surface area contributed by atoms with Crippen LogP contribution in [0.3, 0.4) is 0 Å². The van der Waals surface area contributed by atoms with E-state index in [2.05, 4.69) is 15.5 Å². The number of thioether (sulfide) groups is 1. The molecule has 0 fully saturated rings. The molecule has 0 saturated heterocycles. The fraction of sp³-hybridized carbons (Fsp3) is 0.529. The molecule has 1 aromatic heterocycles. The molecular weight excluding hydrogens is 338 g/mol. The molecule has 0 N–H and O–H groups in total. The topological polar surface area (TPSA) is 73.1 Å². The van der Waals surface area contributed by atoms with Gasteiger partial charge in [-0.15, -0.1) is 5.10 Å². The molecule has 0 aliphatic carbocycles. The maximum absolute atomic E-state index is 12.5. The number of hydrogen-bond acceptors (Lipinski definition) is 6. The molecule has 0 unspecified atom stereocenters. The highest BCUT2D eigenvalue weighted by atomic mass is 32.2. The van der Waals surface area contributed by atoms with E-state index in [1.807, 2.05) is 57.7 Å². The molecule has 0 saturated carbocycles. The van der Waals surface area contributed by atoms with Gasteiger partial charge in [-0.3, -0.25) is 4.79 Å². The Kier molecular flexibility index (Phi) is 6.41. The van der Waals surface area contributed by atoms with E-state index >= 15 is 0 Å². The van der Waals surface area contributed by atoms with Gasteiger partial charge in [0.25, 0.3) is 0 Å². The first-order chi connectivity index (χ1) is 11.8. The summed E-state index contributed by atoms with van der Waals surface area (Å²) in [6, 6.07) is 6.11. The van der Waals surface area contributed by atoms with Crippen LogP contribution in [0.2, 0.25) is 0 Å². The van der Waals surface area contributed by atoms with E-state index in [4.69, 9.17) is 4.74 Å². The first kappa shape index (κ1) is 19.2. The highest BCUT2D eigenvalue weighted by molar-refractivity contribution is 7.99. The summed E-state index contributed by atoms with van der Waals surface area (Å²) < 4.78 is 7.02. The molecule has 2 rings (SSSR count). The van der Waals surface area contributed by atoms with Gasteiger partial charge < -0.3 is 9.64 Å². The smallest absolute Gasteiger partial charge is 0.233 e. The number of hydrogen-bond donors (Lipinski definition) is 0. The van der Waals surface area contributed by atoms with Crippen LogP contribution in [-0.4, -0.2) is 56.0 Å². The molecule has 1 amide bonds. The molecule has 7 nitrogen and oxygen atoms in total. The van der Waals surface area contributed by atoms with E-state index in [1.54, 1.807) is 11.8 Å². The third kappa shape index (κ3) is 4.50. The molecule has 0 radical (unpaired) electrons. The van der Waals surface area contributed by atoms with E-state index in [1.165, 1.54) is 11.8 Å². The third-order valence-electron chi connectivity index (χ3n) is 3.73. The largest absolute Gasteiger partial charge is 0.494 e. The van der Waals surface area contributed by atoms with Crippen molar-refractivity contribution in [3.8, 4) is 11.4 Å². The van der Waals surface area contributed by atoms with Gasteiger partial charge in [0.2, 0.25) is 11.1 Å². The number of benzene rings is 1. The number of rotatable bonds is 7. The van der Waals surface area contributed by atoms with Crippen molar-refractivity contribution < 1.29 is 9.53 Å². The summed E-state index contributed by atoms with van der Waals surface area (Å²) in [5.74, 6) is 1.03. The lowest BCUT2D eigenvalue weighted by Gasteiger charge is -2.30. The Bertz CT molecular complexity index is 722. The Morgan fingerprint density at radius 2 is 1.96 bits per heavy atom. The zero-order chi connectivity index (χ0) is 18.6. The van der Waals surface area contributed by atoms with Gasteiger partial charge in [0.15, 0.2) is 0 Å². The number of nitrogens with zero attached hydrogens (tertiary/aromatic N) is 5. The van der Waals surface area contributed by atoms with E-state index in [0.717, 1.165) is 11.3 Å². The maximum Gasteiger partial charge on any atom is 0.233 e. The lowest BCUT2D eigenvalue weighted by atomic mass is 10.2. The van der Waals surface area contributed by atoms with Crippen LogP contribution in [0.25, 0.3) is 5.69 Å². The fourth-order valence-electron chi connectivity index (χ4n) is 2.76. The average molecular weight is 363 g/mol. The number of methoxy groups -OCH3 is 1. The highest BCUT2D eigenvalue weighted by Gasteiger charge is 2.22. The summed E-state index contributed by atoms with van der Waals surface area (Å²) in [5.41, 5.74) is 1.83. The number of aryl methyl sites for hydroxylation is 1. The van der Waals surface area contributed by atoms with Gasteiger partial charge in [0.1, 0.15) is 11.4 Å². The van der Waals surface area contributed by atoms with Gasteiger partial charge >= 0.3 is 0 Å². The number of carbonyl (C=O) groups excluding carboxylic acids is 1. The average Bonchev–Trinajstić information content (AvgIpc) is 3.00. The molecule has 0 bridgehead atoms. The van der Waals surface area contributed by atoms with Crippen molar-refractivity contribution in [2.75, 3.05) is 12.9 Å². The molecule has 0 aliphatic rings. The number of aromatic nitrogens is 4. The molecule has 8 heteroatoms. The zero-order valence-electron chi connectivity index (χ0n) is 15.6. The van der Waals surface area contributed by atoms with Crippen LogP contribution in [-0.2, 0) is 4.79 Å². The second kappa shape index (κ2) is 8.33. The Hall–Kier alpha value is -2.09. The van der Waals surface area contributed by atoms with Gasteiger partial charge in [-0.1, -0.05) is 17.8 Å².